The van der Waals surface area contributed by atoms with E-state index in [9.17, 15) is 9.59 Å². The summed E-state index contributed by atoms with van der Waals surface area (Å²) in [4.78, 5) is 24.2. The Hall–Kier alpha value is -2.14. The predicted molar refractivity (Wildman–Crippen MR) is 98.7 cm³/mol. The van der Waals surface area contributed by atoms with Crippen molar-refractivity contribution < 1.29 is 9.59 Å². The highest BCUT2D eigenvalue weighted by molar-refractivity contribution is 9.10. The summed E-state index contributed by atoms with van der Waals surface area (Å²) in [5.41, 5.74) is 1.60. The van der Waals surface area contributed by atoms with Crippen molar-refractivity contribution >= 4 is 27.7 Å². The van der Waals surface area contributed by atoms with Gasteiger partial charge in [-0.25, -0.2) is 0 Å². The van der Waals surface area contributed by atoms with Crippen LogP contribution in [0.2, 0.25) is 0 Å². The van der Waals surface area contributed by atoms with E-state index in [4.69, 9.17) is 0 Å². The van der Waals surface area contributed by atoms with Gasteiger partial charge in [-0.1, -0.05) is 59.6 Å². The smallest absolute Gasteiger partial charge is 0.251 e. The molecule has 4 nitrogen and oxygen atoms in total. The lowest BCUT2D eigenvalue weighted by atomic mass is 10.0. The van der Waals surface area contributed by atoms with Crippen LogP contribution in [0.4, 0.5) is 0 Å². The zero-order valence-corrected chi connectivity index (χ0v) is 15.2. The zero-order chi connectivity index (χ0) is 17.4. The molecular weight excluding hydrogens is 368 g/mol. The molecule has 126 valence electrons. The molecule has 0 heterocycles. The molecule has 2 rings (SSSR count). The molecule has 0 aliphatic carbocycles. The monoisotopic (exact) mass is 388 g/mol. The van der Waals surface area contributed by atoms with Crippen LogP contribution in [0.1, 0.15) is 41.7 Å². The van der Waals surface area contributed by atoms with E-state index in [1.165, 1.54) is 0 Å². The fraction of sp³-hybridized carbons (Fsp3) is 0.263. The fourth-order valence-electron chi connectivity index (χ4n) is 2.41. The molecular formula is C19H21BrN2O2. The van der Waals surface area contributed by atoms with Crippen LogP contribution >= 0.6 is 15.9 Å². The molecule has 1 unspecified atom stereocenters. The van der Waals surface area contributed by atoms with Gasteiger partial charge in [0.25, 0.3) is 5.91 Å². The maximum Gasteiger partial charge on any atom is 0.251 e. The standard InChI is InChI=1S/C19H21BrN2O2/c1-2-6-17(14-7-4-3-5-8-14)22-18(23)13-21-19(24)15-9-11-16(20)12-10-15/h3-5,7-12,17H,2,6,13H2,1H3,(H,21,24)(H,22,23). The van der Waals surface area contributed by atoms with E-state index in [1.807, 2.05) is 30.3 Å². The van der Waals surface area contributed by atoms with Crippen molar-refractivity contribution in [2.75, 3.05) is 6.54 Å². The van der Waals surface area contributed by atoms with Gasteiger partial charge in [0, 0.05) is 10.0 Å². The summed E-state index contributed by atoms with van der Waals surface area (Å²) in [5, 5.41) is 5.64. The largest absolute Gasteiger partial charge is 0.348 e. The molecule has 0 bridgehead atoms. The molecule has 1 atom stereocenters. The Labute approximate surface area is 150 Å². The SMILES string of the molecule is CCCC(NC(=O)CNC(=O)c1ccc(Br)cc1)c1ccccc1. The summed E-state index contributed by atoms with van der Waals surface area (Å²) in [6, 6.07) is 16.8. The van der Waals surface area contributed by atoms with Crippen LogP contribution in [0, 0.1) is 0 Å². The van der Waals surface area contributed by atoms with Crippen molar-refractivity contribution in [3.05, 3.63) is 70.2 Å². The van der Waals surface area contributed by atoms with E-state index in [-0.39, 0.29) is 24.4 Å². The molecule has 2 N–H and O–H groups in total. The summed E-state index contributed by atoms with van der Waals surface area (Å²) in [5.74, 6) is -0.452. The summed E-state index contributed by atoms with van der Waals surface area (Å²) in [6.45, 7) is 2.04. The highest BCUT2D eigenvalue weighted by Crippen LogP contribution is 2.17. The number of hydrogen-bond acceptors (Lipinski definition) is 2. The summed E-state index contributed by atoms with van der Waals surface area (Å²) in [7, 11) is 0. The first-order valence-electron chi connectivity index (χ1n) is 7.98. The van der Waals surface area contributed by atoms with Crippen LogP contribution in [0.5, 0.6) is 0 Å². The topological polar surface area (TPSA) is 58.2 Å². The average Bonchev–Trinajstić information content (AvgIpc) is 2.60. The zero-order valence-electron chi connectivity index (χ0n) is 13.6. The Kier molecular flexibility index (Phi) is 7.00. The molecule has 2 amide bonds. The highest BCUT2D eigenvalue weighted by Gasteiger charge is 2.14. The van der Waals surface area contributed by atoms with E-state index >= 15 is 0 Å². The molecule has 2 aromatic rings. The van der Waals surface area contributed by atoms with Crippen molar-refractivity contribution in [1.82, 2.24) is 10.6 Å². The van der Waals surface area contributed by atoms with Crippen LogP contribution in [0.15, 0.2) is 59.1 Å². The summed E-state index contributed by atoms with van der Waals surface area (Å²) in [6.07, 6.45) is 1.82. The lowest BCUT2D eigenvalue weighted by Crippen LogP contribution is -2.38. The first-order valence-corrected chi connectivity index (χ1v) is 8.77. The number of nitrogens with one attached hydrogen (secondary N) is 2. The molecule has 0 saturated heterocycles. The van der Waals surface area contributed by atoms with E-state index < -0.39 is 0 Å². The van der Waals surface area contributed by atoms with Crippen molar-refractivity contribution in [2.24, 2.45) is 0 Å². The third kappa shape index (κ3) is 5.49. The number of hydrogen-bond donors (Lipinski definition) is 2. The van der Waals surface area contributed by atoms with Gasteiger partial charge in [0.05, 0.1) is 12.6 Å². The van der Waals surface area contributed by atoms with Crippen molar-refractivity contribution in [2.45, 2.75) is 25.8 Å². The molecule has 0 radical (unpaired) electrons. The van der Waals surface area contributed by atoms with E-state index in [0.29, 0.717) is 5.56 Å². The molecule has 2 aromatic carbocycles. The van der Waals surface area contributed by atoms with Crippen LogP contribution in [0.25, 0.3) is 0 Å². The Morgan fingerprint density at radius 2 is 1.71 bits per heavy atom. The van der Waals surface area contributed by atoms with Gasteiger partial charge in [0.15, 0.2) is 0 Å². The summed E-state index contributed by atoms with van der Waals surface area (Å²) < 4.78 is 0.905. The van der Waals surface area contributed by atoms with Gasteiger partial charge in [-0.3, -0.25) is 9.59 Å². The normalized spacial score (nSPS) is 11.6. The molecule has 0 aliphatic rings. The second-order valence-corrected chi connectivity index (χ2v) is 6.42. The van der Waals surface area contributed by atoms with Crippen molar-refractivity contribution in [1.29, 1.82) is 0 Å². The number of amides is 2. The predicted octanol–water partition coefficient (Wildman–Crippen LogP) is 3.84. The van der Waals surface area contributed by atoms with Gasteiger partial charge in [0.2, 0.25) is 5.91 Å². The maximum absolute atomic E-state index is 12.2. The van der Waals surface area contributed by atoms with Crippen LogP contribution < -0.4 is 10.6 Å². The lowest BCUT2D eigenvalue weighted by molar-refractivity contribution is -0.120. The van der Waals surface area contributed by atoms with E-state index in [2.05, 4.69) is 33.5 Å². The van der Waals surface area contributed by atoms with Gasteiger partial charge in [-0.05, 0) is 36.2 Å². The molecule has 5 heteroatoms. The first kappa shape index (κ1) is 18.2. The third-order valence-electron chi connectivity index (χ3n) is 3.63. The second kappa shape index (κ2) is 9.23. The van der Waals surface area contributed by atoms with Crippen LogP contribution in [-0.4, -0.2) is 18.4 Å². The molecule has 0 saturated carbocycles. The van der Waals surface area contributed by atoms with Gasteiger partial charge in [0.1, 0.15) is 0 Å². The Bertz CT molecular complexity index is 672. The first-order chi connectivity index (χ1) is 11.6. The van der Waals surface area contributed by atoms with Crippen molar-refractivity contribution in [3.8, 4) is 0 Å². The number of carbonyl (C=O) groups is 2. The van der Waals surface area contributed by atoms with Crippen molar-refractivity contribution in [3.63, 3.8) is 0 Å². The lowest BCUT2D eigenvalue weighted by Gasteiger charge is -2.18. The minimum absolute atomic E-state index is 0.0340. The van der Waals surface area contributed by atoms with E-state index in [0.717, 1.165) is 22.9 Å². The minimum atomic E-state index is -0.260. The molecule has 0 aliphatic heterocycles. The van der Waals surface area contributed by atoms with E-state index in [1.54, 1.807) is 24.3 Å². The van der Waals surface area contributed by atoms with Crippen LogP contribution in [-0.2, 0) is 4.79 Å². The van der Waals surface area contributed by atoms with Gasteiger partial charge < -0.3 is 10.6 Å². The molecule has 0 spiro atoms. The van der Waals surface area contributed by atoms with Gasteiger partial charge >= 0.3 is 0 Å². The third-order valence-corrected chi connectivity index (χ3v) is 4.16. The highest BCUT2D eigenvalue weighted by atomic mass is 79.9. The number of halogens is 1. The van der Waals surface area contributed by atoms with Crippen LogP contribution in [0.3, 0.4) is 0 Å². The summed E-state index contributed by atoms with van der Waals surface area (Å²) >= 11 is 3.32. The fourth-order valence-corrected chi connectivity index (χ4v) is 2.67. The number of benzene rings is 2. The second-order valence-electron chi connectivity index (χ2n) is 5.51. The maximum atomic E-state index is 12.2. The van der Waals surface area contributed by atoms with Gasteiger partial charge in [-0.15, -0.1) is 0 Å². The molecule has 0 fully saturated rings. The Balaban J connectivity index is 1.89. The molecule has 24 heavy (non-hydrogen) atoms. The number of rotatable bonds is 7. The quantitative estimate of drug-likeness (QED) is 0.756. The minimum Gasteiger partial charge on any atom is -0.348 e. The Morgan fingerprint density at radius 3 is 2.33 bits per heavy atom. The Morgan fingerprint density at radius 1 is 1.04 bits per heavy atom. The average molecular weight is 389 g/mol. The molecule has 0 aromatic heterocycles. The number of carbonyl (C=O) groups excluding carboxylic acids is 2. The van der Waals surface area contributed by atoms with Gasteiger partial charge in [-0.2, -0.15) is 0 Å².